The molecule has 1 aromatic heterocycles. The van der Waals surface area contributed by atoms with Gasteiger partial charge in [0, 0.05) is 18.5 Å². The Morgan fingerprint density at radius 2 is 1.94 bits per heavy atom. The molecule has 33 heavy (non-hydrogen) atoms. The highest BCUT2D eigenvalue weighted by Crippen LogP contribution is 2.25. The van der Waals surface area contributed by atoms with Crippen LogP contribution in [0.15, 0.2) is 58.6 Å². The van der Waals surface area contributed by atoms with Crippen molar-refractivity contribution in [1.82, 2.24) is 9.29 Å². The molecule has 0 saturated carbocycles. The Morgan fingerprint density at radius 3 is 2.64 bits per heavy atom. The first-order valence-electron chi connectivity index (χ1n) is 10.8. The zero-order valence-electron chi connectivity index (χ0n) is 18.7. The molecule has 2 aromatic rings. The van der Waals surface area contributed by atoms with Gasteiger partial charge in [-0.05, 0) is 67.0 Å². The SMILES string of the molecule is CCc1ccc2nc(SCC(=O)N=C3C=CC(=S(=O)(O)N4CCOCC4)C=C3)c(C)cc2c1. The third-order valence-electron chi connectivity index (χ3n) is 5.48. The number of hydrogen-bond acceptors (Lipinski definition) is 5. The zero-order chi connectivity index (χ0) is 23.4. The minimum absolute atomic E-state index is 0.165. The lowest BCUT2D eigenvalue weighted by atomic mass is 10.1. The molecular formula is C24H27N3O4S2. The number of aromatic nitrogens is 1. The quantitative estimate of drug-likeness (QED) is 0.515. The van der Waals surface area contributed by atoms with Crippen molar-refractivity contribution >= 4 is 49.1 Å². The molecule has 0 radical (unpaired) electrons. The van der Waals surface area contributed by atoms with Gasteiger partial charge in [-0.15, -0.1) is 0 Å². The van der Waals surface area contributed by atoms with Crippen LogP contribution in [0.1, 0.15) is 18.1 Å². The summed E-state index contributed by atoms with van der Waals surface area (Å²) in [4.78, 5) is 21.6. The summed E-state index contributed by atoms with van der Waals surface area (Å²) in [6.07, 6.45) is 7.27. The summed E-state index contributed by atoms with van der Waals surface area (Å²) in [6.45, 7) is 5.79. The van der Waals surface area contributed by atoms with E-state index in [9.17, 15) is 13.6 Å². The first kappa shape index (κ1) is 23.8. The van der Waals surface area contributed by atoms with Gasteiger partial charge in [0.05, 0.1) is 35.1 Å². The number of ether oxygens (including phenoxy) is 1. The van der Waals surface area contributed by atoms with E-state index in [1.54, 1.807) is 24.3 Å². The van der Waals surface area contributed by atoms with Crippen LogP contribution in [0.3, 0.4) is 0 Å². The number of fused-ring (bicyclic) bond motifs is 1. The molecular weight excluding hydrogens is 458 g/mol. The lowest BCUT2D eigenvalue weighted by Crippen LogP contribution is -2.42. The topological polar surface area (TPSA) is 92.1 Å². The molecule has 1 fully saturated rings. The molecule has 0 bridgehead atoms. The van der Waals surface area contributed by atoms with Crippen molar-refractivity contribution in [3.8, 4) is 0 Å². The number of rotatable bonds is 5. The second kappa shape index (κ2) is 10.3. The van der Waals surface area contributed by atoms with Crippen molar-refractivity contribution in [2.24, 2.45) is 4.99 Å². The number of pyridine rings is 1. The average Bonchev–Trinajstić information content (AvgIpc) is 2.83. The number of aliphatic imine (C=N–C) groups is 1. The second-order valence-electron chi connectivity index (χ2n) is 7.82. The predicted molar refractivity (Wildman–Crippen MR) is 135 cm³/mol. The van der Waals surface area contributed by atoms with Gasteiger partial charge in [0.25, 0.3) is 5.91 Å². The molecule has 2 aliphatic rings. The lowest BCUT2D eigenvalue weighted by Gasteiger charge is -2.28. The Morgan fingerprint density at radius 1 is 1.21 bits per heavy atom. The number of aryl methyl sites for hydroxylation is 2. The average molecular weight is 486 g/mol. The van der Waals surface area contributed by atoms with E-state index >= 15 is 0 Å². The van der Waals surface area contributed by atoms with Gasteiger partial charge in [0.1, 0.15) is 5.03 Å². The first-order valence-corrected chi connectivity index (χ1v) is 13.3. The molecule has 9 heteroatoms. The van der Waals surface area contributed by atoms with Crippen molar-refractivity contribution in [1.29, 1.82) is 0 Å². The highest BCUT2D eigenvalue weighted by atomic mass is 32.2. The van der Waals surface area contributed by atoms with E-state index in [1.807, 2.05) is 13.0 Å². The number of thioether (sulfide) groups is 1. The van der Waals surface area contributed by atoms with E-state index < -0.39 is 9.99 Å². The van der Waals surface area contributed by atoms with Crippen LogP contribution < -0.4 is 0 Å². The second-order valence-corrected chi connectivity index (χ2v) is 10.8. The highest BCUT2D eigenvalue weighted by Gasteiger charge is 2.22. The third kappa shape index (κ3) is 5.62. The van der Waals surface area contributed by atoms with Crippen LogP contribution in [0.25, 0.3) is 10.9 Å². The Labute approximate surface area is 198 Å². The molecule has 174 valence electrons. The van der Waals surface area contributed by atoms with Crippen LogP contribution in [0.5, 0.6) is 0 Å². The maximum absolute atomic E-state index is 12.8. The Hall–Kier alpha value is -2.30. The van der Waals surface area contributed by atoms with E-state index in [2.05, 4.69) is 30.1 Å². The summed E-state index contributed by atoms with van der Waals surface area (Å²) >= 11 is 1.37. The summed E-state index contributed by atoms with van der Waals surface area (Å²) in [5, 5.41) is 1.92. The number of amides is 1. The van der Waals surface area contributed by atoms with E-state index in [4.69, 9.17) is 9.72 Å². The number of carbonyl (C=O) groups excluding carboxylic acids is 1. The monoisotopic (exact) mass is 485 g/mol. The van der Waals surface area contributed by atoms with Gasteiger partial charge in [0.15, 0.2) is 9.99 Å². The fourth-order valence-corrected chi connectivity index (χ4v) is 5.83. The molecule has 2 heterocycles. The van der Waals surface area contributed by atoms with Crippen LogP contribution in [-0.4, -0.2) is 66.6 Å². The van der Waals surface area contributed by atoms with Gasteiger partial charge < -0.3 is 9.29 Å². The normalized spacial score (nSPS) is 18.5. The molecule has 4 rings (SSSR count). The van der Waals surface area contributed by atoms with Crippen molar-refractivity contribution in [3.05, 3.63) is 59.7 Å². The lowest BCUT2D eigenvalue weighted by molar-refractivity contribution is -0.115. The van der Waals surface area contributed by atoms with Crippen molar-refractivity contribution in [3.63, 3.8) is 0 Å². The minimum Gasteiger partial charge on any atom is -0.379 e. The van der Waals surface area contributed by atoms with E-state index in [0.717, 1.165) is 27.9 Å². The van der Waals surface area contributed by atoms with Crippen LogP contribution in [0.2, 0.25) is 0 Å². The van der Waals surface area contributed by atoms with Gasteiger partial charge in [-0.25, -0.2) is 18.5 Å². The van der Waals surface area contributed by atoms with E-state index in [1.165, 1.54) is 21.6 Å². The summed E-state index contributed by atoms with van der Waals surface area (Å²) in [6, 6.07) is 8.34. The molecule has 1 atom stereocenters. The van der Waals surface area contributed by atoms with Crippen LogP contribution in [-0.2, 0) is 25.9 Å². The minimum atomic E-state index is -3.32. The van der Waals surface area contributed by atoms with Crippen LogP contribution in [0.4, 0.5) is 0 Å². The third-order valence-corrected chi connectivity index (χ3v) is 8.51. The molecule has 1 aliphatic heterocycles. The van der Waals surface area contributed by atoms with Crippen molar-refractivity contribution in [2.75, 3.05) is 32.1 Å². The number of morpholine rings is 1. The summed E-state index contributed by atoms with van der Waals surface area (Å²) in [5.41, 5.74) is 3.66. The zero-order valence-corrected chi connectivity index (χ0v) is 20.3. The fourth-order valence-electron chi connectivity index (χ4n) is 3.63. The summed E-state index contributed by atoms with van der Waals surface area (Å²) < 4.78 is 30.1. The van der Waals surface area contributed by atoms with Crippen molar-refractivity contribution in [2.45, 2.75) is 25.3 Å². The molecule has 7 nitrogen and oxygen atoms in total. The summed E-state index contributed by atoms with van der Waals surface area (Å²) in [7, 11) is -3.32. The van der Waals surface area contributed by atoms with Gasteiger partial charge in [-0.1, -0.05) is 24.8 Å². The molecule has 1 N–H and O–H groups in total. The standard InChI is InChI=1S/C24H27N3O4S2/c1-3-18-4-9-22-19(15-18)14-17(2)24(26-22)32-16-23(28)25-20-5-7-21(8-6-20)33(29,30)27-10-12-31-13-11-27/h4-9,14-15H,3,10-13,16H2,1-2H3,(H,29,30). The Balaban J connectivity index is 1.42. The van der Waals surface area contributed by atoms with E-state index in [-0.39, 0.29) is 11.7 Å². The molecule has 1 saturated heterocycles. The first-order chi connectivity index (χ1) is 15.9. The van der Waals surface area contributed by atoms with E-state index in [0.29, 0.717) is 36.9 Å². The number of carbonyl (C=O) groups is 1. The molecule has 1 amide bonds. The molecule has 1 aliphatic carbocycles. The summed E-state index contributed by atoms with van der Waals surface area (Å²) in [5.74, 6) is -0.119. The molecule has 1 unspecified atom stereocenters. The number of hydrogen-bond donors (Lipinski definition) is 1. The van der Waals surface area contributed by atoms with Crippen LogP contribution >= 0.6 is 11.8 Å². The van der Waals surface area contributed by atoms with Gasteiger partial charge in [-0.3, -0.25) is 4.79 Å². The maximum atomic E-state index is 12.8. The smallest absolute Gasteiger partial charge is 0.256 e. The van der Waals surface area contributed by atoms with Gasteiger partial charge in [-0.2, -0.15) is 0 Å². The number of benzene rings is 1. The largest absolute Gasteiger partial charge is 0.379 e. The Bertz CT molecular complexity index is 1270. The van der Waals surface area contributed by atoms with Gasteiger partial charge >= 0.3 is 0 Å². The highest BCUT2D eigenvalue weighted by molar-refractivity contribution is 8.00. The number of allylic oxidation sites excluding steroid dienone is 4. The maximum Gasteiger partial charge on any atom is 0.256 e. The molecule has 0 spiro atoms. The van der Waals surface area contributed by atoms with Crippen molar-refractivity contribution < 1.29 is 18.3 Å². The predicted octanol–water partition coefficient (Wildman–Crippen LogP) is 3.47. The van der Waals surface area contributed by atoms with Crippen LogP contribution in [0, 0.1) is 6.92 Å². The van der Waals surface area contributed by atoms with Gasteiger partial charge in [0.2, 0.25) is 0 Å². The Kier molecular flexibility index (Phi) is 7.45. The fraction of sp³-hybridized carbons (Fsp3) is 0.333. The number of nitrogens with zero attached hydrogens (tertiary/aromatic N) is 3. The molecule has 1 aromatic carbocycles.